The molecule has 15 heavy (non-hydrogen) atoms. The zero-order valence-electron chi connectivity index (χ0n) is 11.1. The fraction of sp³-hybridized carbons (Fsp3) is 1.00. The van der Waals surface area contributed by atoms with Crippen LogP contribution in [0.5, 0.6) is 0 Å². The second kappa shape index (κ2) is 4.11. The van der Waals surface area contributed by atoms with Gasteiger partial charge in [-0.15, -0.1) is 0 Å². The average Bonchev–Trinajstić information content (AvgIpc) is 2.85. The predicted molar refractivity (Wildman–Crippen MR) is 66.8 cm³/mol. The van der Waals surface area contributed by atoms with E-state index in [-0.39, 0.29) is 0 Å². The highest BCUT2D eigenvalue weighted by atomic mass is 14.8. The van der Waals surface area contributed by atoms with Gasteiger partial charge in [-0.05, 0) is 41.9 Å². The second-order valence-electron chi connectivity index (χ2n) is 6.07. The van der Waals surface area contributed by atoms with E-state index in [9.17, 15) is 0 Å². The summed E-state index contributed by atoms with van der Waals surface area (Å²) in [6, 6.07) is 0. The molecule has 2 aliphatic rings. The molecule has 0 aromatic carbocycles. The molecular weight excluding hydrogens is 180 g/mol. The van der Waals surface area contributed by atoms with Crippen LogP contribution in [-0.4, -0.2) is 0 Å². The summed E-state index contributed by atoms with van der Waals surface area (Å²) in [6.07, 6.45) is 8.80. The molecule has 0 heteroatoms. The van der Waals surface area contributed by atoms with Gasteiger partial charge in [0.25, 0.3) is 0 Å². The minimum Gasteiger partial charge on any atom is -0.0654 e. The number of unbranched alkanes of at least 4 members (excludes halogenated alkanes) is 1. The highest BCUT2D eigenvalue weighted by molar-refractivity contribution is 5.19. The van der Waals surface area contributed by atoms with Crippen molar-refractivity contribution in [2.75, 3.05) is 0 Å². The van der Waals surface area contributed by atoms with Crippen molar-refractivity contribution in [3.05, 3.63) is 0 Å². The minimum atomic E-state index is 0.845. The first-order valence-electron chi connectivity index (χ1n) is 7.22. The fourth-order valence-corrected chi connectivity index (χ4v) is 5.04. The van der Waals surface area contributed by atoms with Crippen LogP contribution in [0.2, 0.25) is 0 Å². The maximum Gasteiger partial charge on any atom is -0.0202 e. The Morgan fingerprint density at radius 1 is 1.00 bits per heavy atom. The van der Waals surface area contributed by atoms with E-state index in [4.69, 9.17) is 0 Å². The third-order valence-electron chi connectivity index (χ3n) is 5.56. The van der Waals surface area contributed by atoms with Gasteiger partial charge in [-0.2, -0.15) is 0 Å². The smallest absolute Gasteiger partial charge is 0.0202 e. The van der Waals surface area contributed by atoms with E-state index in [1.807, 2.05) is 0 Å². The number of rotatable bonds is 5. The molecule has 0 N–H and O–H groups in total. The van der Waals surface area contributed by atoms with Gasteiger partial charge in [0.1, 0.15) is 0 Å². The molecular formula is C15H28. The summed E-state index contributed by atoms with van der Waals surface area (Å²) in [6.45, 7) is 9.62. The molecule has 2 aliphatic carbocycles. The molecule has 0 saturated heterocycles. The molecule has 2 fully saturated rings. The van der Waals surface area contributed by atoms with E-state index >= 15 is 0 Å². The van der Waals surface area contributed by atoms with Crippen LogP contribution in [0, 0.1) is 29.1 Å². The van der Waals surface area contributed by atoms with E-state index in [0.29, 0.717) is 0 Å². The molecule has 0 heterocycles. The second-order valence-corrected chi connectivity index (χ2v) is 6.07. The maximum atomic E-state index is 2.47. The summed E-state index contributed by atoms with van der Waals surface area (Å²) < 4.78 is 0. The zero-order chi connectivity index (χ0) is 11.1. The normalized spacial score (nSPS) is 48.0. The molecule has 1 spiro atoms. The first-order valence-corrected chi connectivity index (χ1v) is 7.22. The van der Waals surface area contributed by atoms with E-state index in [1.165, 1.54) is 32.1 Å². The Morgan fingerprint density at radius 3 is 2.13 bits per heavy atom. The molecule has 0 bridgehead atoms. The van der Waals surface area contributed by atoms with Crippen LogP contribution in [0.25, 0.3) is 0 Å². The highest BCUT2D eigenvalue weighted by Crippen LogP contribution is 2.77. The van der Waals surface area contributed by atoms with Crippen molar-refractivity contribution >= 4 is 0 Å². The Morgan fingerprint density at radius 2 is 1.67 bits per heavy atom. The van der Waals surface area contributed by atoms with Gasteiger partial charge in [0.05, 0.1) is 0 Å². The van der Waals surface area contributed by atoms with Crippen molar-refractivity contribution in [1.29, 1.82) is 0 Å². The fourth-order valence-electron chi connectivity index (χ4n) is 5.04. The third-order valence-corrected chi connectivity index (χ3v) is 5.56. The summed E-state index contributed by atoms with van der Waals surface area (Å²) in [4.78, 5) is 0. The van der Waals surface area contributed by atoms with Gasteiger partial charge < -0.3 is 0 Å². The summed E-state index contributed by atoms with van der Waals surface area (Å²) in [5.41, 5.74) is 0.845. The van der Waals surface area contributed by atoms with Gasteiger partial charge in [0.15, 0.2) is 0 Å². The van der Waals surface area contributed by atoms with Gasteiger partial charge in [-0.3, -0.25) is 0 Å². The third kappa shape index (κ3) is 1.47. The standard InChI is InChI=1S/C15H28/c1-5-8-9-14-13(7-3)15(14)10-11(4)12(15)6-2/h11-14H,5-10H2,1-4H3. The first kappa shape index (κ1) is 11.5. The Kier molecular flexibility index (Phi) is 3.14. The molecule has 5 unspecified atom stereocenters. The Labute approximate surface area is 95.8 Å². The molecule has 0 aromatic heterocycles. The summed E-state index contributed by atoms with van der Waals surface area (Å²) in [5.74, 6) is 4.31. The Balaban J connectivity index is 1.97. The lowest BCUT2D eigenvalue weighted by Crippen LogP contribution is -2.38. The molecule has 2 rings (SSSR count). The quantitative estimate of drug-likeness (QED) is 0.604. The van der Waals surface area contributed by atoms with Gasteiger partial charge in [-0.1, -0.05) is 53.4 Å². The van der Waals surface area contributed by atoms with Crippen molar-refractivity contribution in [3.63, 3.8) is 0 Å². The van der Waals surface area contributed by atoms with Crippen LogP contribution >= 0.6 is 0 Å². The summed E-state index contributed by atoms with van der Waals surface area (Å²) in [7, 11) is 0. The predicted octanol–water partition coefficient (Wildman–Crippen LogP) is 4.89. The van der Waals surface area contributed by atoms with E-state index < -0.39 is 0 Å². The zero-order valence-corrected chi connectivity index (χ0v) is 11.1. The van der Waals surface area contributed by atoms with E-state index in [2.05, 4.69) is 27.7 Å². The largest absolute Gasteiger partial charge is 0.0654 e. The van der Waals surface area contributed by atoms with Crippen LogP contribution in [0.4, 0.5) is 0 Å². The molecule has 0 radical (unpaired) electrons. The first-order chi connectivity index (χ1) is 7.22. The van der Waals surface area contributed by atoms with Crippen LogP contribution in [0.3, 0.4) is 0 Å². The van der Waals surface area contributed by atoms with Crippen molar-refractivity contribution < 1.29 is 0 Å². The van der Waals surface area contributed by atoms with Crippen LogP contribution < -0.4 is 0 Å². The molecule has 0 aromatic rings. The highest BCUT2D eigenvalue weighted by Gasteiger charge is 2.71. The van der Waals surface area contributed by atoms with Crippen LogP contribution in [0.15, 0.2) is 0 Å². The summed E-state index contributed by atoms with van der Waals surface area (Å²) in [5, 5.41) is 0. The molecule has 0 amide bonds. The Hall–Kier alpha value is 0. The van der Waals surface area contributed by atoms with Crippen molar-refractivity contribution in [1.82, 2.24) is 0 Å². The molecule has 5 atom stereocenters. The average molecular weight is 208 g/mol. The molecule has 0 aliphatic heterocycles. The lowest BCUT2D eigenvalue weighted by atomic mass is 9.59. The van der Waals surface area contributed by atoms with Gasteiger partial charge in [0.2, 0.25) is 0 Å². The van der Waals surface area contributed by atoms with Crippen molar-refractivity contribution in [2.24, 2.45) is 29.1 Å². The van der Waals surface area contributed by atoms with Gasteiger partial charge in [0, 0.05) is 0 Å². The lowest BCUT2D eigenvalue weighted by Gasteiger charge is -2.46. The van der Waals surface area contributed by atoms with Crippen molar-refractivity contribution in [2.45, 2.75) is 66.2 Å². The number of hydrogen-bond acceptors (Lipinski definition) is 0. The molecule has 0 nitrogen and oxygen atoms in total. The molecule has 2 saturated carbocycles. The molecule has 88 valence electrons. The minimum absolute atomic E-state index is 0.845. The van der Waals surface area contributed by atoms with E-state index in [1.54, 1.807) is 6.42 Å². The van der Waals surface area contributed by atoms with Crippen molar-refractivity contribution in [3.8, 4) is 0 Å². The maximum absolute atomic E-state index is 2.47. The van der Waals surface area contributed by atoms with Crippen LogP contribution in [0.1, 0.15) is 66.2 Å². The SMILES string of the molecule is CCCCC1C(CC)C12CC(C)C2CC. The monoisotopic (exact) mass is 208 g/mol. The summed E-state index contributed by atoms with van der Waals surface area (Å²) >= 11 is 0. The lowest BCUT2D eigenvalue weighted by molar-refractivity contribution is 0.0294. The topological polar surface area (TPSA) is 0 Å². The van der Waals surface area contributed by atoms with Gasteiger partial charge in [-0.25, -0.2) is 0 Å². The number of hydrogen-bond donors (Lipinski definition) is 0. The Bertz CT molecular complexity index is 220. The van der Waals surface area contributed by atoms with Gasteiger partial charge >= 0.3 is 0 Å². The van der Waals surface area contributed by atoms with Crippen LogP contribution in [-0.2, 0) is 0 Å². The van der Waals surface area contributed by atoms with E-state index in [0.717, 1.165) is 29.1 Å².